The molecule has 0 saturated heterocycles. The molecule has 2 heterocycles. The summed E-state index contributed by atoms with van der Waals surface area (Å²) in [6, 6.07) is 18.6. The normalized spacial score (nSPS) is 10.8. The highest BCUT2D eigenvalue weighted by atomic mass is 15.1. The van der Waals surface area contributed by atoms with E-state index in [9.17, 15) is 0 Å². The summed E-state index contributed by atoms with van der Waals surface area (Å²) >= 11 is 0. The van der Waals surface area contributed by atoms with Crippen molar-refractivity contribution in [3.8, 4) is 0 Å². The summed E-state index contributed by atoms with van der Waals surface area (Å²) in [6.45, 7) is 2.86. The van der Waals surface area contributed by atoms with Crippen molar-refractivity contribution in [2.75, 3.05) is 17.2 Å². The van der Waals surface area contributed by atoms with Gasteiger partial charge in [0.1, 0.15) is 17.4 Å². The van der Waals surface area contributed by atoms with Crippen LogP contribution < -0.4 is 10.6 Å². The molecule has 0 aliphatic carbocycles. The predicted molar refractivity (Wildman–Crippen MR) is 113 cm³/mol. The lowest BCUT2D eigenvalue weighted by Gasteiger charge is -2.10. The van der Waals surface area contributed by atoms with Crippen molar-refractivity contribution >= 4 is 28.5 Å². The van der Waals surface area contributed by atoms with Crippen LogP contribution in [0.2, 0.25) is 0 Å². The van der Waals surface area contributed by atoms with Gasteiger partial charge in [-0.2, -0.15) is 0 Å². The Hall–Kier alpha value is -3.54. The van der Waals surface area contributed by atoms with E-state index >= 15 is 0 Å². The van der Waals surface area contributed by atoms with Gasteiger partial charge in [0.25, 0.3) is 0 Å². The molecule has 4 aromatic rings. The quantitative estimate of drug-likeness (QED) is 0.466. The largest absolute Gasteiger partial charge is 0.354 e. The van der Waals surface area contributed by atoms with Crippen molar-refractivity contribution in [2.24, 2.45) is 0 Å². The van der Waals surface area contributed by atoms with E-state index in [1.807, 2.05) is 18.2 Å². The Morgan fingerprint density at radius 3 is 2.68 bits per heavy atom. The number of nitrogens with zero attached hydrogens (tertiary/aromatic N) is 4. The number of nitrogens with one attached hydrogen (secondary N) is 2. The number of hydrogen-bond acceptors (Lipinski definition) is 6. The van der Waals surface area contributed by atoms with Gasteiger partial charge in [0.15, 0.2) is 5.82 Å². The minimum Gasteiger partial charge on any atom is -0.354 e. The molecule has 6 nitrogen and oxygen atoms in total. The molecular formula is C22H22N6. The molecule has 6 heteroatoms. The average molecular weight is 370 g/mol. The molecule has 0 radical (unpaired) electrons. The molecule has 0 fully saturated rings. The molecule has 0 saturated carbocycles. The van der Waals surface area contributed by atoms with Crippen LogP contribution in [0.25, 0.3) is 11.0 Å². The van der Waals surface area contributed by atoms with E-state index in [1.54, 1.807) is 6.20 Å². The Morgan fingerprint density at radius 1 is 0.929 bits per heavy atom. The second-order valence-corrected chi connectivity index (χ2v) is 6.66. The zero-order valence-corrected chi connectivity index (χ0v) is 15.8. The van der Waals surface area contributed by atoms with Crippen LogP contribution in [0, 0.1) is 6.92 Å². The van der Waals surface area contributed by atoms with Crippen molar-refractivity contribution in [3.05, 3.63) is 78.2 Å². The topological polar surface area (TPSA) is 75.6 Å². The highest BCUT2D eigenvalue weighted by Crippen LogP contribution is 2.22. The van der Waals surface area contributed by atoms with Crippen LogP contribution in [0.4, 0.5) is 17.5 Å². The molecule has 0 aliphatic heterocycles. The van der Waals surface area contributed by atoms with Crippen molar-refractivity contribution in [3.63, 3.8) is 0 Å². The summed E-state index contributed by atoms with van der Waals surface area (Å²) in [4.78, 5) is 17.6. The van der Waals surface area contributed by atoms with Crippen molar-refractivity contribution in [1.29, 1.82) is 0 Å². The van der Waals surface area contributed by atoms with Gasteiger partial charge in [0.05, 0.1) is 6.20 Å². The van der Waals surface area contributed by atoms with E-state index in [4.69, 9.17) is 0 Å². The van der Waals surface area contributed by atoms with E-state index in [2.05, 4.69) is 73.9 Å². The molecule has 2 aromatic heterocycles. The van der Waals surface area contributed by atoms with Gasteiger partial charge in [-0.25, -0.2) is 19.9 Å². The number of rotatable bonds is 7. The van der Waals surface area contributed by atoms with Crippen molar-refractivity contribution in [2.45, 2.75) is 19.8 Å². The molecule has 140 valence electrons. The number of fused-ring (bicyclic) bond motifs is 1. The molecule has 0 unspecified atom stereocenters. The van der Waals surface area contributed by atoms with Gasteiger partial charge in [-0.1, -0.05) is 42.5 Å². The first-order chi connectivity index (χ1) is 13.8. The Balaban J connectivity index is 1.46. The van der Waals surface area contributed by atoms with Gasteiger partial charge in [-0.15, -0.1) is 0 Å². The first-order valence-electron chi connectivity index (χ1n) is 9.37. The Labute approximate surface area is 164 Å². The smallest absolute Gasteiger partial charge is 0.223 e. The second kappa shape index (κ2) is 8.43. The average Bonchev–Trinajstić information content (AvgIpc) is 2.72. The lowest BCUT2D eigenvalue weighted by atomic mass is 10.1. The summed E-state index contributed by atoms with van der Waals surface area (Å²) in [5.41, 5.74) is 4.89. The fourth-order valence-corrected chi connectivity index (χ4v) is 3.03. The highest BCUT2D eigenvalue weighted by Gasteiger charge is 2.08. The Morgan fingerprint density at radius 2 is 1.82 bits per heavy atom. The van der Waals surface area contributed by atoms with E-state index in [0.29, 0.717) is 22.8 Å². The minimum absolute atomic E-state index is 0.586. The van der Waals surface area contributed by atoms with Crippen LogP contribution in [0.1, 0.15) is 17.5 Å². The zero-order valence-electron chi connectivity index (χ0n) is 15.8. The lowest BCUT2D eigenvalue weighted by molar-refractivity contribution is 0.854. The molecule has 2 aromatic carbocycles. The van der Waals surface area contributed by atoms with Crippen LogP contribution in [0.3, 0.4) is 0 Å². The minimum atomic E-state index is 0.586. The molecule has 4 rings (SSSR count). The molecule has 0 atom stereocenters. The molecular weight excluding hydrogens is 348 g/mol. The summed E-state index contributed by atoms with van der Waals surface area (Å²) in [7, 11) is 0. The van der Waals surface area contributed by atoms with Gasteiger partial charge in [0.2, 0.25) is 5.95 Å². The van der Waals surface area contributed by atoms with Crippen molar-refractivity contribution < 1.29 is 0 Å². The number of aryl methyl sites for hydroxylation is 2. The van der Waals surface area contributed by atoms with Crippen LogP contribution in [0.15, 0.2) is 67.1 Å². The summed E-state index contributed by atoms with van der Waals surface area (Å²) in [5, 5.41) is 6.64. The van der Waals surface area contributed by atoms with E-state index < -0.39 is 0 Å². The molecule has 0 amide bonds. The SMILES string of the molecule is Cc1cccc(Nc2ncnc3cnc(NCCCc4ccccc4)nc23)c1. The monoisotopic (exact) mass is 370 g/mol. The van der Waals surface area contributed by atoms with Crippen LogP contribution in [0.5, 0.6) is 0 Å². The van der Waals surface area contributed by atoms with Gasteiger partial charge in [-0.05, 0) is 43.0 Å². The molecule has 0 bridgehead atoms. The maximum Gasteiger partial charge on any atom is 0.223 e. The molecule has 28 heavy (non-hydrogen) atoms. The third-order valence-electron chi connectivity index (χ3n) is 4.43. The Kier molecular flexibility index (Phi) is 5.38. The van der Waals surface area contributed by atoms with Gasteiger partial charge in [0, 0.05) is 12.2 Å². The molecule has 0 aliphatic rings. The fraction of sp³-hybridized carbons (Fsp3) is 0.182. The van der Waals surface area contributed by atoms with Gasteiger partial charge < -0.3 is 10.6 Å². The first kappa shape index (κ1) is 17.9. The summed E-state index contributed by atoms with van der Waals surface area (Å²) in [6.07, 6.45) is 5.28. The Bertz CT molecular complexity index is 1060. The third-order valence-corrected chi connectivity index (χ3v) is 4.43. The lowest BCUT2D eigenvalue weighted by Crippen LogP contribution is -2.07. The van der Waals surface area contributed by atoms with E-state index in [-0.39, 0.29) is 0 Å². The highest BCUT2D eigenvalue weighted by molar-refractivity contribution is 5.87. The van der Waals surface area contributed by atoms with E-state index in [1.165, 1.54) is 17.5 Å². The maximum atomic E-state index is 4.63. The standard InChI is InChI=1S/C22H22N6/c1-16-7-5-11-18(13-16)27-21-20-19(25-15-26-21)14-24-22(28-20)23-12-6-10-17-8-3-2-4-9-17/h2-5,7-9,11,13-15H,6,10,12H2,1H3,(H,23,24,28)(H,25,26,27). The van der Waals surface area contributed by atoms with Crippen molar-refractivity contribution in [1.82, 2.24) is 19.9 Å². The molecule has 0 spiro atoms. The van der Waals surface area contributed by atoms with Gasteiger partial charge >= 0.3 is 0 Å². The predicted octanol–water partition coefficient (Wildman–Crippen LogP) is 4.52. The zero-order chi connectivity index (χ0) is 19.2. The summed E-state index contributed by atoms with van der Waals surface area (Å²) in [5.74, 6) is 1.26. The number of benzene rings is 2. The van der Waals surface area contributed by atoms with Crippen LogP contribution >= 0.6 is 0 Å². The molecule has 2 N–H and O–H groups in total. The maximum absolute atomic E-state index is 4.63. The number of anilines is 3. The summed E-state index contributed by atoms with van der Waals surface area (Å²) < 4.78 is 0. The first-order valence-corrected chi connectivity index (χ1v) is 9.37. The number of aromatic nitrogens is 4. The fourth-order valence-electron chi connectivity index (χ4n) is 3.03. The third kappa shape index (κ3) is 4.40. The number of hydrogen-bond donors (Lipinski definition) is 2. The van der Waals surface area contributed by atoms with Crippen LogP contribution in [-0.4, -0.2) is 26.5 Å². The van der Waals surface area contributed by atoms with E-state index in [0.717, 1.165) is 25.1 Å². The van der Waals surface area contributed by atoms with Gasteiger partial charge in [-0.3, -0.25) is 0 Å². The van der Waals surface area contributed by atoms with Crippen LogP contribution in [-0.2, 0) is 6.42 Å². The second-order valence-electron chi connectivity index (χ2n) is 6.66.